The highest BCUT2D eigenvalue weighted by atomic mass is 14.6. The van der Waals surface area contributed by atoms with Gasteiger partial charge >= 0.3 is 0 Å². The molecule has 1 nitrogen and oxygen atoms in total. The molecule has 0 fully saturated rings. The van der Waals surface area contributed by atoms with Crippen molar-refractivity contribution in [2.24, 2.45) is 0 Å². The SMILES string of the molecule is c1cc(-c2ccc3ccccc3c2)cc(-c2cc3cc(-c4ccc(-c5cccc6ccccc56)cc4)c4ccccc4c3c3ncccc23)c1. The monoisotopic (exact) mass is 633 g/mol. The Morgan fingerprint density at radius 3 is 1.70 bits per heavy atom. The van der Waals surface area contributed by atoms with Gasteiger partial charge in [0.2, 0.25) is 0 Å². The molecule has 0 aliphatic rings. The maximum absolute atomic E-state index is 5.03. The summed E-state index contributed by atoms with van der Waals surface area (Å²) in [5, 5.41) is 11.0. The van der Waals surface area contributed by atoms with Crippen LogP contribution in [0.15, 0.2) is 188 Å². The van der Waals surface area contributed by atoms with Crippen molar-refractivity contribution in [1.29, 1.82) is 0 Å². The fourth-order valence-corrected chi connectivity index (χ4v) is 7.85. The van der Waals surface area contributed by atoms with Gasteiger partial charge in [0.1, 0.15) is 0 Å². The smallest absolute Gasteiger partial charge is 0.0792 e. The summed E-state index contributed by atoms with van der Waals surface area (Å²) in [5.41, 5.74) is 10.7. The van der Waals surface area contributed by atoms with Crippen LogP contribution < -0.4 is 0 Å². The highest BCUT2D eigenvalue weighted by Crippen LogP contribution is 2.42. The minimum absolute atomic E-state index is 1.03. The van der Waals surface area contributed by atoms with E-state index in [-0.39, 0.29) is 0 Å². The van der Waals surface area contributed by atoms with E-state index in [0.717, 1.165) is 10.9 Å². The summed E-state index contributed by atoms with van der Waals surface area (Å²) in [6.07, 6.45) is 1.92. The molecule has 0 radical (unpaired) electrons. The third-order valence-electron chi connectivity index (χ3n) is 10.3. The molecule has 0 bridgehead atoms. The molecule has 0 spiro atoms. The second kappa shape index (κ2) is 11.5. The molecule has 232 valence electrons. The lowest BCUT2D eigenvalue weighted by molar-refractivity contribution is 1.43. The Hall–Kier alpha value is -6.57. The molecule has 0 atom stereocenters. The van der Waals surface area contributed by atoms with E-state index >= 15 is 0 Å². The number of pyridine rings is 1. The highest BCUT2D eigenvalue weighted by molar-refractivity contribution is 6.24. The van der Waals surface area contributed by atoms with Crippen LogP contribution in [-0.4, -0.2) is 4.98 Å². The first-order valence-corrected chi connectivity index (χ1v) is 17.2. The Bertz CT molecular complexity index is 2910. The minimum Gasteiger partial charge on any atom is -0.256 e. The third-order valence-corrected chi connectivity index (χ3v) is 10.3. The largest absolute Gasteiger partial charge is 0.256 e. The summed E-state index contributed by atoms with van der Waals surface area (Å²) in [4.78, 5) is 5.03. The van der Waals surface area contributed by atoms with Crippen LogP contribution in [0.2, 0.25) is 0 Å². The van der Waals surface area contributed by atoms with E-state index in [4.69, 9.17) is 4.98 Å². The Balaban J connectivity index is 1.15. The molecule has 0 saturated heterocycles. The number of rotatable bonds is 4. The first-order chi connectivity index (χ1) is 24.8. The zero-order chi connectivity index (χ0) is 33.0. The summed E-state index contributed by atoms with van der Waals surface area (Å²) in [6.45, 7) is 0. The van der Waals surface area contributed by atoms with E-state index in [1.807, 2.05) is 6.20 Å². The molecule has 50 heavy (non-hydrogen) atoms. The molecule has 9 aromatic carbocycles. The zero-order valence-corrected chi connectivity index (χ0v) is 27.3. The number of hydrogen-bond acceptors (Lipinski definition) is 1. The van der Waals surface area contributed by atoms with Crippen LogP contribution in [0.5, 0.6) is 0 Å². The molecule has 0 aliphatic heterocycles. The number of fused-ring (bicyclic) bond motifs is 7. The molecule has 0 amide bonds. The van der Waals surface area contributed by atoms with Gasteiger partial charge in [-0.15, -0.1) is 0 Å². The lowest BCUT2D eigenvalue weighted by atomic mass is 9.88. The lowest BCUT2D eigenvalue weighted by Gasteiger charge is -2.16. The van der Waals surface area contributed by atoms with E-state index in [1.165, 1.54) is 87.6 Å². The summed E-state index contributed by atoms with van der Waals surface area (Å²) >= 11 is 0. The molecular weight excluding hydrogens is 603 g/mol. The lowest BCUT2D eigenvalue weighted by Crippen LogP contribution is -1.91. The van der Waals surface area contributed by atoms with E-state index in [2.05, 4.69) is 182 Å². The quantitative estimate of drug-likeness (QED) is 0.176. The highest BCUT2D eigenvalue weighted by Gasteiger charge is 2.16. The molecule has 0 N–H and O–H groups in total. The number of benzene rings is 9. The van der Waals surface area contributed by atoms with Crippen LogP contribution in [0.3, 0.4) is 0 Å². The standard InChI is InChI=1S/C49H31N/c1-2-12-36-28-38(26-21-32(36)10-1)37-14-7-15-39(29-37)47-31-40-30-46(43-17-5-6-18-44(43)48(40)49-45(47)20-9-27-50-49)35-24-22-34(23-25-35)42-19-8-13-33-11-3-4-16-41(33)42/h1-31H. The molecule has 1 heterocycles. The second-order valence-corrected chi connectivity index (χ2v) is 13.1. The maximum atomic E-state index is 5.03. The van der Waals surface area contributed by atoms with Crippen molar-refractivity contribution in [2.75, 3.05) is 0 Å². The Morgan fingerprint density at radius 1 is 0.280 bits per heavy atom. The maximum Gasteiger partial charge on any atom is 0.0792 e. The topological polar surface area (TPSA) is 12.9 Å². The summed E-state index contributed by atoms with van der Waals surface area (Å²) in [5.74, 6) is 0. The van der Waals surface area contributed by atoms with E-state index in [1.54, 1.807) is 0 Å². The molecular formula is C49H31N. The van der Waals surface area contributed by atoms with Gasteiger partial charge in [0, 0.05) is 17.0 Å². The Morgan fingerprint density at radius 2 is 0.860 bits per heavy atom. The summed E-state index contributed by atoms with van der Waals surface area (Å²) < 4.78 is 0. The number of aromatic nitrogens is 1. The van der Waals surface area contributed by atoms with Crippen molar-refractivity contribution < 1.29 is 0 Å². The van der Waals surface area contributed by atoms with Gasteiger partial charge in [-0.2, -0.15) is 0 Å². The van der Waals surface area contributed by atoms with Crippen molar-refractivity contribution >= 4 is 54.0 Å². The van der Waals surface area contributed by atoms with Crippen LogP contribution in [-0.2, 0) is 0 Å². The normalized spacial score (nSPS) is 11.6. The predicted octanol–water partition coefficient (Wildman–Crippen LogP) is 13.5. The second-order valence-electron chi connectivity index (χ2n) is 13.1. The summed E-state index contributed by atoms with van der Waals surface area (Å²) in [6, 6.07) is 66.3. The van der Waals surface area contributed by atoms with E-state index in [9.17, 15) is 0 Å². The van der Waals surface area contributed by atoms with Crippen molar-refractivity contribution in [2.45, 2.75) is 0 Å². The molecule has 1 aromatic heterocycles. The molecule has 10 aromatic rings. The van der Waals surface area contributed by atoms with Gasteiger partial charge in [-0.05, 0) is 113 Å². The van der Waals surface area contributed by atoms with Crippen LogP contribution in [0.4, 0.5) is 0 Å². The number of nitrogens with zero attached hydrogens (tertiary/aromatic N) is 1. The van der Waals surface area contributed by atoms with Crippen LogP contribution in [0, 0.1) is 0 Å². The molecule has 0 unspecified atom stereocenters. The van der Waals surface area contributed by atoms with Gasteiger partial charge in [0.05, 0.1) is 5.52 Å². The van der Waals surface area contributed by atoms with Crippen LogP contribution in [0.1, 0.15) is 0 Å². The van der Waals surface area contributed by atoms with Crippen molar-refractivity contribution in [3.8, 4) is 44.5 Å². The Kier molecular flexibility index (Phi) is 6.57. The first kappa shape index (κ1) is 28.4. The fourth-order valence-electron chi connectivity index (χ4n) is 7.85. The van der Waals surface area contributed by atoms with Crippen molar-refractivity contribution in [1.82, 2.24) is 4.98 Å². The third kappa shape index (κ3) is 4.67. The predicted molar refractivity (Wildman–Crippen MR) is 214 cm³/mol. The fraction of sp³-hybridized carbons (Fsp3) is 0. The van der Waals surface area contributed by atoms with Gasteiger partial charge in [0.15, 0.2) is 0 Å². The van der Waals surface area contributed by atoms with Gasteiger partial charge in [-0.1, -0.05) is 152 Å². The van der Waals surface area contributed by atoms with Gasteiger partial charge in [0.25, 0.3) is 0 Å². The van der Waals surface area contributed by atoms with Crippen LogP contribution >= 0.6 is 0 Å². The van der Waals surface area contributed by atoms with Gasteiger partial charge < -0.3 is 0 Å². The summed E-state index contributed by atoms with van der Waals surface area (Å²) in [7, 11) is 0. The molecule has 1 heteroatoms. The molecule has 10 rings (SSSR count). The number of hydrogen-bond donors (Lipinski definition) is 0. The van der Waals surface area contributed by atoms with Gasteiger partial charge in [-0.25, -0.2) is 0 Å². The average Bonchev–Trinajstić information content (AvgIpc) is 3.20. The van der Waals surface area contributed by atoms with E-state index in [0.29, 0.717) is 0 Å². The molecule has 0 aliphatic carbocycles. The van der Waals surface area contributed by atoms with Gasteiger partial charge in [-0.3, -0.25) is 4.98 Å². The van der Waals surface area contributed by atoms with E-state index < -0.39 is 0 Å². The molecule has 0 saturated carbocycles. The van der Waals surface area contributed by atoms with Crippen molar-refractivity contribution in [3.63, 3.8) is 0 Å². The first-order valence-electron chi connectivity index (χ1n) is 17.2. The minimum atomic E-state index is 1.03. The average molecular weight is 634 g/mol. The Labute approximate surface area is 290 Å². The zero-order valence-electron chi connectivity index (χ0n) is 27.3. The van der Waals surface area contributed by atoms with Crippen LogP contribution in [0.25, 0.3) is 98.5 Å². The van der Waals surface area contributed by atoms with Crippen molar-refractivity contribution in [3.05, 3.63) is 188 Å².